The predicted molar refractivity (Wildman–Crippen MR) is 100.0 cm³/mol. The Labute approximate surface area is 146 Å². The number of rotatable bonds is 5. The Hall–Kier alpha value is -3.08. The minimum Gasteiger partial charge on any atom is -0.449 e. The summed E-state index contributed by atoms with van der Waals surface area (Å²) >= 11 is 0. The van der Waals surface area contributed by atoms with Crippen LogP contribution in [-0.4, -0.2) is 23.5 Å². The summed E-state index contributed by atoms with van der Waals surface area (Å²) < 4.78 is 7.07. The minimum atomic E-state index is -0.551. The van der Waals surface area contributed by atoms with Gasteiger partial charge in [-0.25, -0.2) is 10.2 Å². The molecule has 3 rings (SSSR count). The van der Waals surface area contributed by atoms with Gasteiger partial charge in [-0.1, -0.05) is 48.5 Å². The van der Waals surface area contributed by atoms with Crippen molar-refractivity contribution in [2.75, 3.05) is 6.61 Å². The van der Waals surface area contributed by atoms with Crippen LogP contribution in [0.5, 0.6) is 0 Å². The highest BCUT2D eigenvalue weighted by atomic mass is 16.5. The SMILES string of the molecule is CCOC(=O)NN=Cc1c(C)n(Cc2ccccc2)c2ccccc12. The molecule has 1 N–H and O–H groups in total. The van der Waals surface area contributed by atoms with E-state index in [2.05, 4.69) is 46.3 Å². The van der Waals surface area contributed by atoms with Crippen molar-refractivity contribution in [1.29, 1.82) is 0 Å². The molecule has 5 nitrogen and oxygen atoms in total. The van der Waals surface area contributed by atoms with Crippen molar-refractivity contribution in [1.82, 2.24) is 9.99 Å². The fourth-order valence-corrected chi connectivity index (χ4v) is 2.90. The first-order valence-corrected chi connectivity index (χ1v) is 8.28. The molecule has 0 bridgehead atoms. The number of hydrazone groups is 1. The first-order valence-electron chi connectivity index (χ1n) is 8.28. The molecule has 0 aliphatic rings. The van der Waals surface area contributed by atoms with Gasteiger partial charge in [0.15, 0.2) is 0 Å². The van der Waals surface area contributed by atoms with E-state index in [4.69, 9.17) is 4.74 Å². The molecule has 2 aromatic carbocycles. The highest BCUT2D eigenvalue weighted by Gasteiger charge is 2.12. The van der Waals surface area contributed by atoms with Gasteiger partial charge >= 0.3 is 6.09 Å². The zero-order valence-corrected chi connectivity index (χ0v) is 14.4. The summed E-state index contributed by atoms with van der Waals surface area (Å²) in [7, 11) is 0. The molecule has 1 aromatic heterocycles. The largest absolute Gasteiger partial charge is 0.449 e. The van der Waals surface area contributed by atoms with E-state index in [1.165, 1.54) is 5.56 Å². The molecule has 3 aromatic rings. The standard InChI is InChI=1S/C20H21N3O2/c1-3-25-20(24)22-21-13-18-15(2)23(14-16-9-5-4-6-10-16)19-12-8-7-11-17(18)19/h4-13H,3,14H2,1-2H3,(H,22,24). The van der Waals surface area contributed by atoms with Crippen LogP contribution in [-0.2, 0) is 11.3 Å². The Morgan fingerprint density at radius 2 is 1.88 bits per heavy atom. The average molecular weight is 335 g/mol. The molecule has 25 heavy (non-hydrogen) atoms. The number of para-hydroxylation sites is 1. The molecule has 5 heteroatoms. The molecule has 1 heterocycles. The van der Waals surface area contributed by atoms with Crippen molar-refractivity contribution in [3.63, 3.8) is 0 Å². The molecule has 0 aliphatic carbocycles. The second-order valence-electron chi connectivity index (χ2n) is 5.68. The minimum absolute atomic E-state index is 0.316. The molecule has 0 atom stereocenters. The van der Waals surface area contributed by atoms with Crippen LogP contribution in [0.4, 0.5) is 4.79 Å². The number of carbonyl (C=O) groups excluding carboxylic acids is 1. The van der Waals surface area contributed by atoms with Crippen LogP contribution in [0.2, 0.25) is 0 Å². The summed E-state index contributed by atoms with van der Waals surface area (Å²) in [4.78, 5) is 11.4. The third kappa shape index (κ3) is 3.71. The number of nitrogens with one attached hydrogen (secondary N) is 1. The lowest BCUT2D eigenvalue weighted by atomic mass is 10.1. The summed E-state index contributed by atoms with van der Waals surface area (Å²) in [5.41, 5.74) is 6.84. The fraction of sp³-hybridized carbons (Fsp3) is 0.200. The van der Waals surface area contributed by atoms with E-state index in [1.807, 2.05) is 30.3 Å². The second kappa shape index (κ2) is 7.66. The van der Waals surface area contributed by atoms with Gasteiger partial charge < -0.3 is 9.30 Å². The van der Waals surface area contributed by atoms with E-state index in [1.54, 1.807) is 13.1 Å². The first kappa shape index (κ1) is 16.8. The summed E-state index contributed by atoms with van der Waals surface area (Å²) in [5.74, 6) is 0. The molecule has 1 amide bonds. The number of carbonyl (C=O) groups is 1. The fourth-order valence-electron chi connectivity index (χ4n) is 2.90. The second-order valence-corrected chi connectivity index (χ2v) is 5.68. The van der Waals surface area contributed by atoms with Gasteiger partial charge in [-0.15, -0.1) is 0 Å². The lowest BCUT2D eigenvalue weighted by Gasteiger charge is -2.08. The highest BCUT2D eigenvalue weighted by molar-refractivity contribution is 6.01. The number of amides is 1. The third-order valence-electron chi connectivity index (χ3n) is 4.09. The van der Waals surface area contributed by atoms with E-state index >= 15 is 0 Å². The van der Waals surface area contributed by atoms with Crippen LogP contribution in [0.3, 0.4) is 0 Å². The Bertz CT molecular complexity index is 898. The van der Waals surface area contributed by atoms with Crippen LogP contribution in [0.1, 0.15) is 23.7 Å². The van der Waals surface area contributed by atoms with Gasteiger partial charge in [0.2, 0.25) is 0 Å². The summed E-state index contributed by atoms with van der Waals surface area (Å²) in [6.45, 7) is 4.92. The van der Waals surface area contributed by atoms with Gasteiger partial charge in [-0.3, -0.25) is 0 Å². The van der Waals surface area contributed by atoms with Crippen molar-refractivity contribution in [2.45, 2.75) is 20.4 Å². The predicted octanol–water partition coefficient (Wildman–Crippen LogP) is 4.08. The summed E-state index contributed by atoms with van der Waals surface area (Å²) in [6.07, 6.45) is 1.13. The third-order valence-corrected chi connectivity index (χ3v) is 4.09. The van der Waals surface area contributed by atoms with E-state index in [0.29, 0.717) is 6.61 Å². The van der Waals surface area contributed by atoms with Crippen molar-refractivity contribution in [3.8, 4) is 0 Å². The van der Waals surface area contributed by atoms with E-state index in [0.717, 1.165) is 28.7 Å². The average Bonchev–Trinajstić information content (AvgIpc) is 2.89. The van der Waals surface area contributed by atoms with Crippen LogP contribution in [0.15, 0.2) is 59.7 Å². The van der Waals surface area contributed by atoms with E-state index in [9.17, 15) is 4.79 Å². The Balaban J connectivity index is 1.95. The topological polar surface area (TPSA) is 55.6 Å². The number of hydrogen-bond donors (Lipinski definition) is 1. The quantitative estimate of drug-likeness (QED) is 0.564. The van der Waals surface area contributed by atoms with Crippen LogP contribution in [0, 0.1) is 6.92 Å². The highest BCUT2D eigenvalue weighted by Crippen LogP contribution is 2.25. The molecule has 128 valence electrons. The normalized spacial score (nSPS) is 11.1. The van der Waals surface area contributed by atoms with Gasteiger partial charge in [-0.2, -0.15) is 5.10 Å². The van der Waals surface area contributed by atoms with Crippen molar-refractivity contribution in [3.05, 3.63) is 71.4 Å². The van der Waals surface area contributed by atoms with Gasteiger partial charge in [0.05, 0.1) is 12.8 Å². The van der Waals surface area contributed by atoms with Crippen molar-refractivity contribution in [2.24, 2.45) is 5.10 Å². The monoisotopic (exact) mass is 335 g/mol. The molecular weight excluding hydrogens is 314 g/mol. The van der Waals surface area contributed by atoms with Gasteiger partial charge in [-0.05, 0) is 25.5 Å². The first-order chi connectivity index (χ1) is 12.2. The molecular formula is C20H21N3O2. The number of aromatic nitrogens is 1. The zero-order chi connectivity index (χ0) is 17.6. The van der Waals surface area contributed by atoms with Gasteiger partial charge in [0.25, 0.3) is 0 Å². The number of benzene rings is 2. The molecule has 0 spiro atoms. The lowest BCUT2D eigenvalue weighted by molar-refractivity contribution is 0.152. The van der Waals surface area contributed by atoms with Crippen LogP contribution >= 0.6 is 0 Å². The van der Waals surface area contributed by atoms with Gasteiger partial charge in [0, 0.05) is 28.7 Å². The maximum Gasteiger partial charge on any atom is 0.427 e. The smallest absolute Gasteiger partial charge is 0.427 e. The molecule has 0 saturated carbocycles. The zero-order valence-electron chi connectivity index (χ0n) is 14.4. The Morgan fingerprint density at radius 3 is 2.64 bits per heavy atom. The lowest BCUT2D eigenvalue weighted by Crippen LogP contribution is -2.18. The summed E-state index contributed by atoms with van der Waals surface area (Å²) in [6, 6.07) is 18.5. The molecule has 0 unspecified atom stereocenters. The molecule has 0 aliphatic heterocycles. The Morgan fingerprint density at radius 1 is 1.16 bits per heavy atom. The van der Waals surface area contributed by atoms with Crippen molar-refractivity contribution < 1.29 is 9.53 Å². The molecule has 0 fully saturated rings. The van der Waals surface area contributed by atoms with Crippen LogP contribution in [0.25, 0.3) is 10.9 Å². The van der Waals surface area contributed by atoms with Gasteiger partial charge in [0.1, 0.15) is 0 Å². The summed E-state index contributed by atoms with van der Waals surface area (Å²) in [5, 5.41) is 5.13. The number of nitrogens with zero attached hydrogens (tertiary/aromatic N) is 2. The van der Waals surface area contributed by atoms with Crippen molar-refractivity contribution >= 4 is 23.2 Å². The number of hydrogen-bond acceptors (Lipinski definition) is 3. The van der Waals surface area contributed by atoms with E-state index in [-0.39, 0.29) is 0 Å². The maximum absolute atomic E-state index is 11.4. The molecule has 0 saturated heterocycles. The van der Waals surface area contributed by atoms with E-state index < -0.39 is 6.09 Å². The molecule has 0 radical (unpaired) electrons. The van der Waals surface area contributed by atoms with Crippen LogP contribution < -0.4 is 5.43 Å². The number of fused-ring (bicyclic) bond motifs is 1. The Kier molecular flexibility index (Phi) is 5.14. The maximum atomic E-state index is 11.4. The number of ether oxygens (including phenoxy) is 1.